The van der Waals surface area contributed by atoms with Crippen molar-refractivity contribution in [2.75, 3.05) is 0 Å². The predicted octanol–water partition coefficient (Wildman–Crippen LogP) is 4.41. The van der Waals surface area contributed by atoms with E-state index in [1.165, 1.54) is 0 Å². The molecule has 0 heterocycles. The molecule has 0 spiro atoms. The Morgan fingerprint density at radius 1 is 0.722 bits per heavy atom. The Morgan fingerprint density at radius 2 is 1.28 bits per heavy atom. The summed E-state index contributed by atoms with van der Waals surface area (Å²) in [6, 6.07) is 0. The SMILES string of the molecule is Cl[C@H]1[C@@]2(Cl)[C@@H]3[C@H]4[C@H]5C=C[C@@H]3C5[C@]1(Cl)[C@@]4(Cl)C2(Cl)Cl. The molecule has 0 radical (unpaired) electrons. The second-order valence-electron chi connectivity index (χ2n) is 6.30. The van der Waals surface area contributed by atoms with Crippen LogP contribution in [-0.2, 0) is 0 Å². The summed E-state index contributed by atoms with van der Waals surface area (Å²) in [5, 5.41) is -0.492. The van der Waals surface area contributed by atoms with E-state index in [9.17, 15) is 0 Å². The summed E-state index contributed by atoms with van der Waals surface area (Å²) in [6.07, 6.45) is 4.42. The average molecular weight is 365 g/mol. The van der Waals surface area contributed by atoms with Gasteiger partial charge in [-0.2, -0.15) is 0 Å². The first-order valence-corrected chi connectivity index (χ1v) is 8.35. The largest absolute Gasteiger partial charge is 0.160 e. The number of allylic oxidation sites excluding steroid dienone is 2. The van der Waals surface area contributed by atoms with E-state index < -0.39 is 24.3 Å². The molecule has 0 amide bonds. The zero-order valence-electron chi connectivity index (χ0n) is 8.89. The molecular formula is C12H8Cl6. The van der Waals surface area contributed by atoms with Crippen LogP contribution in [0.5, 0.6) is 0 Å². The zero-order chi connectivity index (χ0) is 12.9. The van der Waals surface area contributed by atoms with Crippen LogP contribution in [0.2, 0.25) is 0 Å². The minimum Gasteiger partial charge on any atom is -0.119 e. The van der Waals surface area contributed by atoms with E-state index in [2.05, 4.69) is 12.2 Å². The number of halogens is 6. The smallest absolute Gasteiger partial charge is 0.119 e. The van der Waals surface area contributed by atoms with Crippen LogP contribution in [0.4, 0.5) is 0 Å². The summed E-state index contributed by atoms with van der Waals surface area (Å²) < 4.78 is -1.28. The Kier molecular flexibility index (Phi) is 1.83. The molecule has 0 aliphatic heterocycles. The van der Waals surface area contributed by atoms with E-state index in [0.717, 1.165) is 0 Å². The topological polar surface area (TPSA) is 0 Å². The van der Waals surface area contributed by atoms with Crippen LogP contribution in [0.25, 0.3) is 0 Å². The van der Waals surface area contributed by atoms with Crippen LogP contribution >= 0.6 is 69.6 Å². The molecule has 6 bridgehead atoms. The first-order chi connectivity index (χ1) is 8.25. The number of fused-ring (bicyclic) bond motifs is 3. The fourth-order valence-electron chi connectivity index (χ4n) is 5.96. The van der Waals surface area contributed by atoms with Crippen molar-refractivity contribution in [1.82, 2.24) is 0 Å². The van der Waals surface area contributed by atoms with Crippen molar-refractivity contribution in [2.24, 2.45) is 29.6 Å². The van der Waals surface area contributed by atoms with E-state index >= 15 is 0 Å². The van der Waals surface area contributed by atoms with Crippen LogP contribution in [0.1, 0.15) is 0 Å². The summed E-state index contributed by atoms with van der Waals surface area (Å²) >= 11 is 40.5. The van der Waals surface area contributed by atoms with Crippen molar-refractivity contribution >= 4 is 69.6 Å². The predicted molar refractivity (Wildman–Crippen MR) is 76.4 cm³/mol. The van der Waals surface area contributed by atoms with Gasteiger partial charge in [-0.25, -0.2) is 0 Å². The lowest BCUT2D eigenvalue weighted by atomic mass is 9.63. The molecule has 18 heavy (non-hydrogen) atoms. The van der Waals surface area contributed by atoms with Crippen molar-refractivity contribution in [3.05, 3.63) is 12.2 Å². The summed E-state index contributed by atoms with van der Waals surface area (Å²) in [7, 11) is 0. The summed E-state index contributed by atoms with van der Waals surface area (Å²) in [5.74, 6) is 1.20. The van der Waals surface area contributed by atoms with Crippen LogP contribution in [0, 0.1) is 29.6 Å². The van der Waals surface area contributed by atoms with Gasteiger partial charge in [0.2, 0.25) is 0 Å². The standard InChI is InChI=1S/C12H8Cl6/c13-8-9(14)5-3-1-2-4(5)7-6(3)10(8,15)12(17,18)11(7,9)16/h1-8H/t3-,4+,5?,6+,7-,8-,9-,10+,11-/m1/s1. The Labute approximate surface area is 135 Å². The number of hydrogen-bond acceptors (Lipinski definition) is 0. The fourth-order valence-corrected chi connectivity index (χ4v) is 9.99. The van der Waals surface area contributed by atoms with E-state index in [1.54, 1.807) is 0 Å². The Hall–Kier alpha value is 1.48. The lowest BCUT2D eigenvalue weighted by molar-refractivity contribution is 0.146. The van der Waals surface area contributed by atoms with E-state index in [0.29, 0.717) is 11.8 Å². The molecule has 9 atom stereocenters. The van der Waals surface area contributed by atoms with E-state index in [4.69, 9.17) is 69.6 Å². The van der Waals surface area contributed by atoms with Crippen molar-refractivity contribution in [2.45, 2.75) is 24.3 Å². The highest BCUT2D eigenvalue weighted by molar-refractivity contribution is 6.63. The molecule has 0 nitrogen and oxygen atoms in total. The molecule has 0 aromatic heterocycles. The monoisotopic (exact) mass is 362 g/mol. The molecule has 5 aliphatic rings. The number of alkyl halides is 6. The highest BCUT2D eigenvalue weighted by Gasteiger charge is 3.00. The van der Waals surface area contributed by atoms with Crippen molar-refractivity contribution < 1.29 is 0 Å². The molecular weight excluding hydrogens is 357 g/mol. The van der Waals surface area contributed by atoms with Crippen LogP contribution < -0.4 is 0 Å². The minimum absolute atomic E-state index is 0.148. The van der Waals surface area contributed by atoms with Crippen LogP contribution in [0.3, 0.4) is 0 Å². The summed E-state index contributed by atoms with van der Waals surface area (Å²) in [4.78, 5) is -2.65. The third-order valence-corrected chi connectivity index (χ3v) is 11.3. The molecule has 0 aromatic carbocycles. The first-order valence-electron chi connectivity index (χ1n) is 6.02. The molecule has 4 saturated carbocycles. The zero-order valence-corrected chi connectivity index (χ0v) is 13.4. The molecule has 0 saturated heterocycles. The van der Waals surface area contributed by atoms with Crippen molar-refractivity contribution in [3.8, 4) is 0 Å². The maximum absolute atomic E-state index is 6.92. The van der Waals surface area contributed by atoms with Crippen molar-refractivity contribution in [3.63, 3.8) is 0 Å². The van der Waals surface area contributed by atoms with Gasteiger partial charge in [0.1, 0.15) is 9.75 Å². The molecule has 4 fully saturated rings. The quantitative estimate of drug-likeness (QED) is 0.441. The van der Waals surface area contributed by atoms with Gasteiger partial charge in [0.15, 0.2) is 4.33 Å². The lowest BCUT2D eigenvalue weighted by Gasteiger charge is -2.53. The van der Waals surface area contributed by atoms with E-state index in [1.807, 2.05) is 0 Å². The first kappa shape index (κ1) is 12.1. The maximum Gasteiger partial charge on any atom is 0.160 e. The van der Waals surface area contributed by atoms with Crippen LogP contribution in [-0.4, -0.2) is 24.3 Å². The third-order valence-electron chi connectivity index (χ3n) is 6.26. The average Bonchev–Trinajstić information content (AvgIpc) is 2.96. The number of hydrogen-bond donors (Lipinski definition) is 0. The lowest BCUT2D eigenvalue weighted by Crippen LogP contribution is -2.63. The highest BCUT2D eigenvalue weighted by Crippen LogP contribution is 2.92. The van der Waals surface area contributed by atoms with Gasteiger partial charge in [0, 0.05) is 0 Å². The minimum atomic E-state index is -1.28. The van der Waals surface area contributed by atoms with E-state index in [-0.39, 0.29) is 17.8 Å². The van der Waals surface area contributed by atoms with Crippen LogP contribution in [0.15, 0.2) is 12.2 Å². The van der Waals surface area contributed by atoms with Gasteiger partial charge in [0.25, 0.3) is 0 Å². The van der Waals surface area contributed by atoms with Gasteiger partial charge >= 0.3 is 0 Å². The summed E-state index contributed by atoms with van der Waals surface area (Å²) in [5.41, 5.74) is 0. The van der Waals surface area contributed by atoms with Crippen molar-refractivity contribution in [1.29, 1.82) is 0 Å². The van der Waals surface area contributed by atoms with Gasteiger partial charge in [0.05, 0.1) is 10.3 Å². The van der Waals surface area contributed by atoms with Gasteiger partial charge in [-0.3, -0.25) is 0 Å². The molecule has 98 valence electrons. The molecule has 0 aromatic rings. The van der Waals surface area contributed by atoms with Gasteiger partial charge in [-0.1, -0.05) is 35.4 Å². The number of rotatable bonds is 0. The molecule has 6 heteroatoms. The van der Waals surface area contributed by atoms with Gasteiger partial charge < -0.3 is 0 Å². The van der Waals surface area contributed by atoms with Gasteiger partial charge in [-0.05, 0) is 29.6 Å². The molecule has 1 unspecified atom stereocenters. The fraction of sp³-hybridized carbons (Fsp3) is 0.833. The maximum atomic E-state index is 6.92. The second-order valence-corrected chi connectivity index (χ2v) is 9.91. The Morgan fingerprint density at radius 3 is 1.89 bits per heavy atom. The highest BCUT2D eigenvalue weighted by atomic mass is 35.5. The molecule has 5 rings (SSSR count). The summed E-state index contributed by atoms with van der Waals surface area (Å²) in [6.45, 7) is 0. The Balaban J connectivity index is 1.94. The second kappa shape index (κ2) is 2.73. The molecule has 5 aliphatic carbocycles. The Bertz CT molecular complexity index is 517. The van der Waals surface area contributed by atoms with Gasteiger partial charge in [-0.15, -0.1) is 46.4 Å². The third kappa shape index (κ3) is 0.681. The molecule has 0 N–H and O–H groups in total. The normalized spacial score (nSPS) is 76.1.